The second-order valence-corrected chi connectivity index (χ2v) is 7.31. The number of nitrogens with zero attached hydrogens (tertiary/aromatic N) is 4. The molecule has 1 aliphatic rings. The van der Waals surface area contributed by atoms with E-state index in [9.17, 15) is 0 Å². The average Bonchev–Trinajstić information content (AvgIpc) is 3.18. The van der Waals surface area contributed by atoms with Crippen molar-refractivity contribution in [3.8, 4) is 11.1 Å². The molecule has 2 aromatic heterocycles. The number of thiazole rings is 1. The van der Waals surface area contributed by atoms with Crippen LogP contribution in [0.4, 0.5) is 0 Å². The third-order valence-electron chi connectivity index (χ3n) is 4.63. The van der Waals surface area contributed by atoms with Crippen LogP contribution in [-0.2, 0) is 6.42 Å². The summed E-state index contributed by atoms with van der Waals surface area (Å²) in [6.45, 7) is 4.70. The molecule has 3 aromatic rings. The lowest BCUT2D eigenvalue weighted by molar-refractivity contribution is 0.272. The Morgan fingerprint density at radius 1 is 1.22 bits per heavy atom. The van der Waals surface area contributed by atoms with Crippen molar-refractivity contribution < 1.29 is 0 Å². The van der Waals surface area contributed by atoms with E-state index in [0.29, 0.717) is 0 Å². The molecule has 0 N–H and O–H groups in total. The van der Waals surface area contributed by atoms with Gasteiger partial charge in [0.1, 0.15) is 6.33 Å². The largest absolute Gasteiger partial charge is 0.300 e. The quantitative estimate of drug-likeness (QED) is 0.732. The van der Waals surface area contributed by atoms with Gasteiger partial charge in [-0.3, -0.25) is 0 Å². The van der Waals surface area contributed by atoms with E-state index in [2.05, 4.69) is 40.0 Å². The number of benzene rings is 1. The summed E-state index contributed by atoms with van der Waals surface area (Å²) in [4.78, 5) is 15.6. The van der Waals surface area contributed by atoms with Crippen LogP contribution in [0.25, 0.3) is 21.3 Å². The summed E-state index contributed by atoms with van der Waals surface area (Å²) in [7, 11) is 0. The maximum absolute atomic E-state index is 4.79. The molecule has 23 heavy (non-hydrogen) atoms. The summed E-state index contributed by atoms with van der Waals surface area (Å²) in [5.41, 5.74) is 3.30. The Morgan fingerprint density at radius 3 is 2.87 bits per heavy atom. The highest BCUT2D eigenvalue weighted by Crippen LogP contribution is 2.28. The average molecular weight is 324 g/mol. The Bertz CT molecular complexity index is 799. The van der Waals surface area contributed by atoms with Crippen molar-refractivity contribution in [1.82, 2.24) is 19.9 Å². The smallest absolute Gasteiger partial charge is 0.115 e. The van der Waals surface area contributed by atoms with Gasteiger partial charge in [-0.05, 0) is 44.0 Å². The fourth-order valence-corrected chi connectivity index (χ4v) is 4.27. The first-order valence-electron chi connectivity index (χ1n) is 8.18. The van der Waals surface area contributed by atoms with Crippen LogP contribution in [0.5, 0.6) is 0 Å². The fourth-order valence-electron chi connectivity index (χ4n) is 3.27. The first-order valence-corrected chi connectivity index (χ1v) is 9.00. The Balaban J connectivity index is 1.54. The lowest BCUT2D eigenvalue weighted by atomic mass is 10.1. The second kappa shape index (κ2) is 6.34. The van der Waals surface area contributed by atoms with Crippen LogP contribution in [0.15, 0.2) is 36.9 Å². The lowest BCUT2D eigenvalue weighted by Crippen LogP contribution is -2.28. The summed E-state index contributed by atoms with van der Waals surface area (Å²) in [5.74, 6) is 0. The molecule has 4 rings (SSSR count). The number of hydrogen-bond donors (Lipinski definition) is 0. The van der Waals surface area contributed by atoms with E-state index < -0.39 is 0 Å². The van der Waals surface area contributed by atoms with Crippen LogP contribution < -0.4 is 0 Å². The highest BCUT2D eigenvalue weighted by molar-refractivity contribution is 7.18. The maximum Gasteiger partial charge on any atom is 0.115 e. The third kappa shape index (κ3) is 3.12. The first kappa shape index (κ1) is 14.7. The van der Waals surface area contributed by atoms with Crippen molar-refractivity contribution in [2.75, 3.05) is 13.1 Å². The van der Waals surface area contributed by atoms with Crippen LogP contribution in [0.2, 0.25) is 0 Å². The van der Waals surface area contributed by atoms with Crippen LogP contribution in [0.3, 0.4) is 0 Å². The predicted octanol–water partition coefficient (Wildman–Crippen LogP) is 3.78. The van der Waals surface area contributed by atoms with Crippen molar-refractivity contribution >= 4 is 21.6 Å². The summed E-state index contributed by atoms with van der Waals surface area (Å²) in [5, 5.41) is 1.24. The van der Waals surface area contributed by atoms with E-state index in [1.807, 2.05) is 23.7 Å². The zero-order valence-electron chi connectivity index (χ0n) is 13.3. The van der Waals surface area contributed by atoms with Gasteiger partial charge < -0.3 is 4.90 Å². The van der Waals surface area contributed by atoms with E-state index in [1.54, 1.807) is 6.33 Å². The molecule has 0 spiro atoms. The minimum atomic E-state index is 0.731. The molecular formula is C18H20N4S. The van der Waals surface area contributed by atoms with E-state index in [4.69, 9.17) is 4.98 Å². The zero-order valence-corrected chi connectivity index (χ0v) is 14.1. The molecular weight excluding hydrogens is 304 g/mol. The number of likely N-dealkylation sites (tertiary alicyclic amines) is 1. The maximum atomic E-state index is 4.79. The second-order valence-electron chi connectivity index (χ2n) is 6.19. The molecule has 118 valence electrons. The topological polar surface area (TPSA) is 41.9 Å². The number of fused-ring (bicyclic) bond motifs is 1. The molecule has 1 atom stereocenters. The number of aromatic nitrogens is 3. The molecule has 1 saturated heterocycles. The van der Waals surface area contributed by atoms with Gasteiger partial charge in [0.05, 0.1) is 15.2 Å². The van der Waals surface area contributed by atoms with Gasteiger partial charge in [-0.15, -0.1) is 11.3 Å². The molecule has 1 aliphatic heterocycles. The SMILES string of the molecule is C[C@@H]1CCCN1CCc1nc2ccc(-c3cncnc3)cc2s1. The minimum Gasteiger partial charge on any atom is -0.300 e. The van der Waals surface area contributed by atoms with Crippen molar-refractivity contribution in [3.05, 3.63) is 41.9 Å². The minimum absolute atomic E-state index is 0.731. The van der Waals surface area contributed by atoms with Crippen LogP contribution in [0, 0.1) is 0 Å². The molecule has 1 aromatic carbocycles. The van der Waals surface area contributed by atoms with Gasteiger partial charge in [-0.25, -0.2) is 15.0 Å². The van der Waals surface area contributed by atoms with Crippen LogP contribution in [0.1, 0.15) is 24.8 Å². The Hall–Kier alpha value is -1.85. The Labute approximate surface area is 140 Å². The van der Waals surface area contributed by atoms with Crippen molar-refractivity contribution in [1.29, 1.82) is 0 Å². The lowest BCUT2D eigenvalue weighted by Gasteiger charge is -2.19. The van der Waals surface area contributed by atoms with Crippen LogP contribution in [-0.4, -0.2) is 39.0 Å². The van der Waals surface area contributed by atoms with E-state index in [0.717, 1.165) is 35.7 Å². The van der Waals surface area contributed by atoms with Crippen molar-refractivity contribution in [3.63, 3.8) is 0 Å². The van der Waals surface area contributed by atoms with Crippen molar-refractivity contribution in [2.45, 2.75) is 32.2 Å². The standard InChI is InChI=1S/C18H20N4S/c1-13-3-2-7-22(13)8-6-18-21-16-5-4-14(9-17(16)23-18)15-10-19-12-20-11-15/h4-5,9-13H,2-3,6-8H2,1H3/t13-/m1/s1. The highest BCUT2D eigenvalue weighted by atomic mass is 32.1. The van der Waals surface area contributed by atoms with Gasteiger partial charge >= 0.3 is 0 Å². The first-order chi connectivity index (χ1) is 11.3. The van der Waals surface area contributed by atoms with E-state index >= 15 is 0 Å². The van der Waals surface area contributed by atoms with E-state index in [1.165, 1.54) is 29.1 Å². The van der Waals surface area contributed by atoms with Gasteiger partial charge in [0, 0.05) is 37.0 Å². The van der Waals surface area contributed by atoms with Gasteiger partial charge in [0.15, 0.2) is 0 Å². The summed E-state index contributed by atoms with van der Waals surface area (Å²) < 4.78 is 1.25. The monoisotopic (exact) mass is 324 g/mol. The Morgan fingerprint density at radius 2 is 2.09 bits per heavy atom. The number of hydrogen-bond acceptors (Lipinski definition) is 5. The molecule has 3 heterocycles. The molecule has 0 aliphatic carbocycles. The molecule has 0 amide bonds. The van der Waals surface area contributed by atoms with Gasteiger partial charge in [0.25, 0.3) is 0 Å². The molecule has 0 radical (unpaired) electrons. The summed E-state index contributed by atoms with van der Waals surface area (Å²) in [6, 6.07) is 7.14. The molecule has 4 nitrogen and oxygen atoms in total. The van der Waals surface area contributed by atoms with Crippen LogP contribution >= 0.6 is 11.3 Å². The molecule has 0 unspecified atom stereocenters. The highest BCUT2D eigenvalue weighted by Gasteiger charge is 2.20. The molecule has 0 bridgehead atoms. The zero-order chi connectivity index (χ0) is 15.6. The van der Waals surface area contributed by atoms with Gasteiger partial charge in [0.2, 0.25) is 0 Å². The van der Waals surface area contributed by atoms with E-state index in [-0.39, 0.29) is 0 Å². The number of rotatable bonds is 4. The van der Waals surface area contributed by atoms with Crippen molar-refractivity contribution in [2.24, 2.45) is 0 Å². The Kier molecular flexibility index (Phi) is 4.06. The van der Waals surface area contributed by atoms with Gasteiger partial charge in [-0.2, -0.15) is 0 Å². The summed E-state index contributed by atoms with van der Waals surface area (Å²) in [6.07, 6.45) is 8.99. The fraction of sp³-hybridized carbons (Fsp3) is 0.389. The molecule has 0 saturated carbocycles. The predicted molar refractivity (Wildman–Crippen MR) is 94.6 cm³/mol. The molecule has 1 fully saturated rings. The van der Waals surface area contributed by atoms with Gasteiger partial charge in [-0.1, -0.05) is 6.07 Å². The third-order valence-corrected chi connectivity index (χ3v) is 5.71. The normalized spacial score (nSPS) is 18.7. The molecule has 5 heteroatoms. The summed E-state index contributed by atoms with van der Waals surface area (Å²) >= 11 is 1.81.